The minimum absolute atomic E-state index is 0.0920. The van der Waals surface area contributed by atoms with E-state index in [1.54, 1.807) is 0 Å². The Morgan fingerprint density at radius 3 is 2.38 bits per heavy atom. The van der Waals surface area contributed by atoms with Gasteiger partial charge in [0.2, 0.25) is 0 Å². The molecule has 2 aliphatic rings. The molecule has 0 saturated heterocycles. The first kappa shape index (κ1) is 14.3. The van der Waals surface area contributed by atoms with Crippen molar-refractivity contribution in [2.24, 2.45) is 11.3 Å². The molecule has 1 nitrogen and oxygen atoms in total. The van der Waals surface area contributed by atoms with E-state index in [0.717, 1.165) is 49.7 Å². The van der Waals surface area contributed by atoms with Crippen LogP contribution in [0.25, 0.3) is 5.57 Å². The van der Waals surface area contributed by atoms with Crippen molar-refractivity contribution < 1.29 is 4.39 Å². The van der Waals surface area contributed by atoms with E-state index >= 15 is 0 Å². The summed E-state index contributed by atoms with van der Waals surface area (Å²) >= 11 is 0. The molecule has 1 fully saturated rings. The number of halogens is 1. The van der Waals surface area contributed by atoms with E-state index in [9.17, 15) is 9.65 Å². The average molecular weight is 283 g/mol. The van der Waals surface area contributed by atoms with Gasteiger partial charge in [-0.3, -0.25) is 0 Å². The first-order valence-electron chi connectivity index (χ1n) is 8.01. The van der Waals surface area contributed by atoms with Crippen LogP contribution in [0.15, 0.2) is 30.1 Å². The Morgan fingerprint density at radius 1 is 1.10 bits per heavy atom. The molecule has 2 aliphatic carbocycles. The fourth-order valence-corrected chi connectivity index (χ4v) is 4.11. The second kappa shape index (κ2) is 5.64. The van der Waals surface area contributed by atoms with E-state index in [1.807, 2.05) is 31.2 Å². The molecule has 0 bridgehead atoms. The zero-order valence-corrected chi connectivity index (χ0v) is 12.7. The van der Waals surface area contributed by atoms with Gasteiger partial charge in [0.25, 0.3) is 0 Å². The number of aryl methyl sites for hydroxylation is 1. The quantitative estimate of drug-likeness (QED) is 0.662. The smallest absolute Gasteiger partial charge is 0.121 e. The molecule has 0 N–H and O–H groups in total. The van der Waals surface area contributed by atoms with Crippen molar-refractivity contribution in [1.82, 2.24) is 0 Å². The molecule has 21 heavy (non-hydrogen) atoms. The Bertz CT molecular complexity index is 585. The molecule has 1 unspecified atom stereocenters. The maximum atomic E-state index is 15.0. The molecule has 1 spiro atoms. The summed E-state index contributed by atoms with van der Waals surface area (Å²) in [6.45, 7) is 2.03. The van der Waals surface area contributed by atoms with Crippen LogP contribution >= 0.6 is 0 Å². The van der Waals surface area contributed by atoms with E-state index in [-0.39, 0.29) is 11.2 Å². The molecular formula is C19H22FN. The number of nitriles is 1. The van der Waals surface area contributed by atoms with Crippen molar-refractivity contribution in [3.63, 3.8) is 0 Å². The fraction of sp³-hybridized carbons (Fsp3) is 0.526. The molecular weight excluding hydrogens is 261 g/mol. The molecule has 1 saturated carbocycles. The van der Waals surface area contributed by atoms with Crippen LogP contribution in [-0.4, -0.2) is 0 Å². The van der Waals surface area contributed by atoms with Crippen molar-refractivity contribution in [2.45, 2.75) is 51.9 Å². The Balaban J connectivity index is 1.98. The van der Waals surface area contributed by atoms with Crippen molar-refractivity contribution in [2.75, 3.05) is 0 Å². The van der Waals surface area contributed by atoms with Gasteiger partial charge in [0.05, 0.1) is 6.07 Å². The van der Waals surface area contributed by atoms with E-state index in [2.05, 4.69) is 6.07 Å². The topological polar surface area (TPSA) is 23.8 Å². The van der Waals surface area contributed by atoms with Crippen molar-refractivity contribution in [3.05, 3.63) is 41.2 Å². The zero-order chi connectivity index (χ0) is 14.9. The summed E-state index contributed by atoms with van der Waals surface area (Å²) in [4.78, 5) is 0. The second-order valence-electron chi connectivity index (χ2n) is 6.68. The molecule has 1 aromatic rings. The van der Waals surface area contributed by atoms with Gasteiger partial charge >= 0.3 is 0 Å². The number of rotatable bonds is 1. The summed E-state index contributed by atoms with van der Waals surface area (Å²) in [6.07, 6.45) is 7.28. The average Bonchev–Trinajstić information content (AvgIpc) is 2.50. The first-order valence-corrected chi connectivity index (χ1v) is 8.01. The van der Waals surface area contributed by atoms with Crippen LogP contribution in [-0.2, 0) is 0 Å². The SMILES string of the molecule is Cc1ccc(C2=C(F)C(C#N)C3(CCCCC3)CC2)cc1. The molecule has 0 radical (unpaired) electrons. The summed E-state index contributed by atoms with van der Waals surface area (Å²) in [6, 6.07) is 10.3. The van der Waals surface area contributed by atoms with Gasteiger partial charge in [-0.15, -0.1) is 0 Å². The minimum atomic E-state index is -0.539. The molecule has 0 aromatic heterocycles. The van der Waals surface area contributed by atoms with Gasteiger partial charge in [0.1, 0.15) is 11.7 Å². The van der Waals surface area contributed by atoms with Crippen molar-refractivity contribution >= 4 is 5.57 Å². The van der Waals surface area contributed by atoms with Gasteiger partial charge in [0.15, 0.2) is 0 Å². The number of hydrogen-bond acceptors (Lipinski definition) is 1. The highest BCUT2D eigenvalue weighted by molar-refractivity contribution is 5.69. The molecule has 2 heteroatoms. The Labute approximate surface area is 126 Å². The standard InChI is InChI=1S/C19H22FN/c1-14-5-7-15(8-6-14)16-9-12-19(10-3-2-4-11-19)17(13-21)18(16)20/h5-8,17H,2-4,9-12H2,1H3. The highest BCUT2D eigenvalue weighted by Crippen LogP contribution is 2.54. The van der Waals surface area contributed by atoms with Gasteiger partial charge in [-0.05, 0) is 49.2 Å². The van der Waals surface area contributed by atoms with E-state index in [0.29, 0.717) is 0 Å². The van der Waals surface area contributed by atoms with E-state index < -0.39 is 5.92 Å². The van der Waals surface area contributed by atoms with Crippen LogP contribution in [0.3, 0.4) is 0 Å². The summed E-state index contributed by atoms with van der Waals surface area (Å²) in [5, 5.41) is 9.56. The van der Waals surface area contributed by atoms with E-state index in [1.165, 1.54) is 12.0 Å². The van der Waals surface area contributed by atoms with Crippen LogP contribution in [0.5, 0.6) is 0 Å². The van der Waals surface area contributed by atoms with E-state index in [4.69, 9.17) is 0 Å². The van der Waals surface area contributed by atoms with Crippen LogP contribution in [0.1, 0.15) is 56.1 Å². The van der Waals surface area contributed by atoms with Gasteiger partial charge < -0.3 is 0 Å². The molecule has 0 heterocycles. The van der Waals surface area contributed by atoms with Gasteiger partial charge in [0, 0.05) is 0 Å². The maximum absolute atomic E-state index is 15.0. The number of nitrogens with zero attached hydrogens (tertiary/aromatic N) is 1. The summed E-state index contributed by atoms with van der Waals surface area (Å²) in [7, 11) is 0. The van der Waals surface area contributed by atoms with Gasteiger partial charge in [-0.1, -0.05) is 49.1 Å². The normalized spacial score (nSPS) is 24.9. The van der Waals surface area contributed by atoms with Crippen LogP contribution in [0, 0.1) is 29.6 Å². The van der Waals surface area contributed by atoms with Crippen LogP contribution in [0.4, 0.5) is 4.39 Å². The molecule has 1 aromatic carbocycles. The Morgan fingerprint density at radius 2 is 1.76 bits per heavy atom. The highest BCUT2D eigenvalue weighted by atomic mass is 19.1. The largest absolute Gasteiger partial charge is 0.210 e. The molecule has 0 aliphatic heterocycles. The van der Waals surface area contributed by atoms with Crippen molar-refractivity contribution in [3.8, 4) is 6.07 Å². The minimum Gasteiger partial charge on any atom is -0.210 e. The third kappa shape index (κ3) is 2.50. The number of hydrogen-bond donors (Lipinski definition) is 0. The molecule has 110 valence electrons. The third-order valence-corrected chi connectivity index (χ3v) is 5.41. The lowest BCUT2D eigenvalue weighted by Gasteiger charge is -2.43. The van der Waals surface area contributed by atoms with Gasteiger partial charge in [-0.25, -0.2) is 4.39 Å². The van der Waals surface area contributed by atoms with Gasteiger partial charge in [-0.2, -0.15) is 5.26 Å². The first-order chi connectivity index (χ1) is 10.2. The second-order valence-corrected chi connectivity index (χ2v) is 6.68. The third-order valence-electron chi connectivity index (χ3n) is 5.41. The van der Waals surface area contributed by atoms with Crippen LogP contribution < -0.4 is 0 Å². The lowest BCUT2D eigenvalue weighted by atomic mass is 9.60. The fourth-order valence-electron chi connectivity index (χ4n) is 4.11. The predicted octanol–water partition coefficient (Wildman–Crippen LogP) is 5.56. The maximum Gasteiger partial charge on any atom is 0.121 e. The number of allylic oxidation sites excluding steroid dienone is 2. The predicted molar refractivity (Wildman–Crippen MR) is 83.1 cm³/mol. The molecule has 3 rings (SSSR count). The lowest BCUT2D eigenvalue weighted by Crippen LogP contribution is -2.35. The summed E-state index contributed by atoms with van der Waals surface area (Å²) < 4.78 is 15.0. The van der Waals surface area contributed by atoms with Crippen molar-refractivity contribution in [1.29, 1.82) is 5.26 Å². The zero-order valence-electron chi connectivity index (χ0n) is 12.7. The summed E-state index contributed by atoms with van der Waals surface area (Å²) in [5.41, 5.74) is 2.79. The lowest BCUT2D eigenvalue weighted by molar-refractivity contribution is 0.115. The monoisotopic (exact) mass is 283 g/mol. The molecule has 1 atom stereocenters. The molecule has 0 amide bonds. The van der Waals surface area contributed by atoms with Crippen LogP contribution in [0.2, 0.25) is 0 Å². The summed E-state index contributed by atoms with van der Waals surface area (Å²) in [5.74, 6) is -0.697. The Kier molecular flexibility index (Phi) is 3.85. The highest BCUT2D eigenvalue weighted by Gasteiger charge is 2.45. The number of benzene rings is 1. The Hall–Kier alpha value is -1.62.